The highest BCUT2D eigenvalue weighted by Gasteiger charge is 2.14. The van der Waals surface area contributed by atoms with Crippen LogP contribution in [0.3, 0.4) is 0 Å². The number of halogens is 2. The summed E-state index contributed by atoms with van der Waals surface area (Å²) in [5.41, 5.74) is 3.10. The molecule has 0 aromatic heterocycles. The SMILES string of the molecule is CNC(Cc1cccc(F)c1Cl)c1cccc(N(C)C)c1. The highest BCUT2D eigenvalue weighted by Crippen LogP contribution is 2.27. The summed E-state index contributed by atoms with van der Waals surface area (Å²) in [5, 5.41) is 3.49. The van der Waals surface area contributed by atoms with Crippen molar-refractivity contribution in [1.29, 1.82) is 0 Å². The first kappa shape index (κ1) is 15.8. The molecule has 1 N–H and O–H groups in total. The van der Waals surface area contributed by atoms with E-state index in [1.807, 2.05) is 33.3 Å². The summed E-state index contributed by atoms with van der Waals surface area (Å²) in [6, 6.07) is 13.3. The van der Waals surface area contributed by atoms with Crippen LogP contribution in [0.4, 0.5) is 10.1 Å². The normalized spacial score (nSPS) is 12.2. The molecule has 0 saturated heterocycles. The van der Waals surface area contributed by atoms with Crippen LogP contribution in [0.5, 0.6) is 0 Å². The third-order valence-corrected chi connectivity index (χ3v) is 4.02. The van der Waals surface area contributed by atoms with Gasteiger partial charge in [-0.25, -0.2) is 4.39 Å². The van der Waals surface area contributed by atoms with Crippen molar-refractivity contribution in [3.63, 3.8) is 0 Å². The van der Waals surface area contributed by atoms with E-state index in [0.717, 1.165) is 16.8 Å². The van der Waals surface area contributed by atoms with Crippen molar-refractivity contribution < 1.29 is 4.39 Å². The molecule has 0 radical (unpaired) electrons. The zero-order chi connectivity index (χ0) is 15.4. The summed E-state index contributed by atoms with van der Waals surface area (Å²) in [6.45, 7) is 0. The monoisotopic (exact) mass is 306 g/mol. The van der Waals surface area contributed by atoms with E-state index in [1.165, 1.54) is 6.07 Å². The molecular weight excluding hydrogens is 287 g/mol. The van der Waals surface area contributed by atoms with Gasteiger partial charge in [0.15, 0.2) is 0 Å². The van der Waals surface area contributed by atoms with E-state index < -0.39 is 0 Å². The number of anilines is 1. The Morgan fingerprint density at radius 1 is 1.19 bits per heavy atom. The second kappa shape index (κ2) is 6.92. The third-order valence-electron chi connectivity index (χ3n) is 3.59. The molecule has 112 valence electrons. The van der Waals surface area contributed by atoms with Gasteiger partial charge in [-0.15, -0.1) is 0 Å². The molecule has 4 heteroatoms. The van der Waals surface area contributed by atoms with Gasteiger partial charge in [-0.3, -0.25) is 0 Å². The van der Waals surface area contributed by atoms with Crippen molar-refractivity contribution in [2.45, 2.75) is 12.5 Å². The van der Waals surface area contributed by atoms with Gasteiger partial charge in [-0.2, -0.15) is 0 Å². The van der Waals surface area contributed by atoms with Crippen LogP contribution in [0.25, 0.3) is 0 Å². The summed E-state index contributed by atoms with van der Waals surface area (Å²) in [7, 11) is 5.92. The molecule has 21 heavy (non-hydrogen) atoms. The second-order valence-corrected chi connectivity index (χ2v) is 5.63. The minimum absolute atomic E-state index is 0.0872. The summed E-state index contributed by atoms with van der Waals surface area (Å²) in [6.07, 6.45) is 0.643. The van der Waals surface area contributed by atoms with Gasteiger partial charge in [-0.05, 0) is 42.8 Å². The molecule has 0 aliphatic carbocycles. The standard InChI is InChI=1S/C17H20ClFN2/c1-20-16(11-13-7-5-9-15(19)17(13)18)12-6-4-8-14(10-12)21(2)3/h4-10,16,20H,11H2,1-3H3. The molecule has 2 aromatic carbocycles. The van der Waals surface area contributed by atoms with Crippen LogP contribution in [0.2, 0.25) is 5.02 Å². The lowest BCUT2D eigenvalue weighted by Gasteiger charge is -2.20. The Morgan fingerprint density at radius 3 is 2.57 bits per heavy atom. The lowest BCUT2D eigenvalue weighted by Crippen LogP contribution is -2.20. The lowest BCUT2D eigenvalue weighted by molar-refractivity contribution is 0.584. The fourth-order valence-corrected chi connectivity index (χ4v) is 2.54. The molecule has 0 amide bonds. The fraction of sp³-hybridized carbons (Fsp3) is 0.294. The average Bonchev–Trinajstić information content (AvgIpc) is 2.49. The molecule has 0 aliphatic heterocycles. The largest absolute Gasteiger partial charge is 0.378 e. The van der Waals surface area contributed by atoms with Gasteiger partial charge in [0.05, 0.1) is 5.02 Å². The van der Waals surface area contributed by atoms with E-state index in [-0.39, 0.29) is 16.9 Å². The topological polar surface area (TPSA) is 15.3 Å². The zero-order valence-corrected chi connectivity index (χ0v) is 13.3. The Hall–Kier alpha value is -1.58. The predicted molar refractivity (Wildman–Crippen MR) is 87.7 cm³/mol. The van der Waals surface area contributed by atoms with Crippen molar-refractivity contribution in [2.24, 2.45) is 0 Å². The molecule has 0 fully saturated rings. The van der Waals surface area contributed by atoms with Crippen LogP contribution in [0, 0.1) is 5.82 Å². The molecule has 1 atom stereocenters. The maximum Gasteiger partial charge on any atom is 0.142 e. The number of rotatable bonds is 5. The van der Waals surface area contributed by atoms with Crippen molar-refractivity contribution in [3.8, 4) is 0 Å². The van der Waals surface area contributed by atoms with Crippen LogP contribution >= 0.6 is 11.6 Å². The predicted octanol–water partition coefficient (Wildman–Crippen LogP) is 4.05. The molecule has 0 aliphatic rings. The first-order valence-electron chi connectivity index (χ1n) is 6.90. The Kier molecular flexibility index (Phi) is 5.21. The van der Waals surface area contributed by atoms with Gasteiger partial charge < -0.3 is 10.2 Å². The molecule has 2 nitrogen and oxygen atoms in total. The first-order chi connectivity index (χ1) is 10.0. The van der Waals surface area contributed by atoms with E-state index in [9.17, 15) is 4.39 Å². The maximum atomic E-state index is 13.5. The van der Waals surface area contributed by atoms with Crippen LogP contribution in [-0.2, 0) is 6.42 Å². The minimum atomic E-state index is -0.369. The molecule has 1 unspecified atom stereocenters. The van der Waals surface area contributed by atoms with Gasteiger partial charge in [0.2, 0.25) is 0 Å². The summed E-state index contributed by atoms with van der Waals surface area (Å²) < 4.78 is 13.5. The molecule has 0 bridgehead atoms. The van der Waals surface area contributed by atoms with Gasteiger partial charge in [-0.1, -0.05) is 35.9 Å². The third kappa shape index (κ3) is 3.74. The molecule has 2 rings (SSSR count). The van der Waals surface area contributed by atoms with Crippen LogP contribution in [0.15, 0.2) is 42.5 Å². The number of likely N-dealkylation sites (N-methyl/N-ethyl adjacent to an activating group) is 1. The van der Waals surface area contributed by atoms with Crippen molar-refractivity contribution >= 4 is 17.3 Å². The fourth-order valence-electron chi connectivity index (χ4n) is 2.33. The van der Waals surface area contributed by atoms with E-state index in [2.05, 4.69) is 28.4 Å². The van der Waals surface area contributed by atoms with Gasteiger partial charge >= 0.3 is 0 Å². The van der Waals surface area contributed by atoms with E-state index in [4.69, 9.17) is 11.6 Å². The Morgan fingerprint density at radius 2 is 1.90 bits per heavy atom. The van der Waals surface area contributed by atoms with Gasteiger partial charge in [0.25, 0.3) is 0 Å². The van der Waals surface area contributed by atoms with Crippen molar-refractivity contribution in [3.05, 3.63) is 64.4 Å². The Balaban J connectivity index is 2.28. The minimum Gasteiger partial charge on any atom is -0.378 e. The van der Waals surface area contributed by atoms with Crippen LogP contribution in [0.1, 0.15) is 17.2 Å². The highest BCUT2D eigenvalue weighted by molar-refractivity contribution is 6.31. The van der Waals surface area contributed by atoms with Gasteiger partial charge in [0, 0.05) is 25.8 Å². The molecule has 0 spiro atoms. The maximum absolute atomic E-state index is 13.5. The molecular formula is C17H20ClFN2. The van der Waals surface area contributed by atoms with Crippen LogP contribution in [-0.4, -0.2) is 21.1 Å². The zero-order valence-electron chi connectivity index (χ0n) is 12.5. The molecule has 0 saturated carbocycles. The first-order valence-corrected chi connectivity index (χ1v) is 7.28. The van der Waals surface area contributed by atoms with Gasteiger partial charge in [0.1, 0.15) is 5.82 Å². The van der Waals surface area contributed by atoms with E-state index in [1.54, 1.807) is 6.07 Å². The number of nitrogens with one attached hydrogen (secondary N) is 1. The second-order valence-electron chi connectivity index (χ2n) is 5.25. The van der Waals surface area contributed by atoms with Crippen molar-refractivity contribution in [1.82, 2.24) is 5.32 Å². The van der Waals surface area contributed by atoms with Crippen LogP contribution < -0.4 is 10.2 Å². The number of nitrogens with zero attached hydrogens (tertiary/aromatic N) is 1. The average molecular weight is 307 g/mol. The lowest BCUT2D eigenvalue weighted by atomic mass is 9.98. The summed E-state index contributed by atoms with van der Waals surface area (Å²) in [5.74, 6) is -0.369. The summed E-state index contributed by atoms with van der Waals surface area (Å²) >= 11 is 6.05. The molecule has 0 heterocycles. The Bertz CT molecular complexity index is 613. The van der Waals surface area contributed by atoms with E-state index >= 15 is 0 Å². The summed E-state index contributed by atoms with van der Waals surface area (Å²) in [4.78, 5) is 2.06. The Labute approximate surface area is 130 Å². The number of hydrogen-bond donors (Lipinski definition) is 1. The van der Waals surface area contributed by atoms with Crippen molar-refractivity contribution in [2.75, 3.05) is 26.0 Å². The highest BCUT2D eigenvalue weighted by atomic mass is 35.5. The number of hydrogen-bond acceptors (Lipinski definition) is 2. The van der Waals surface area contributed by atoms with E-state index in [0.29, 0.717) is 6.42 Å². The molecule has 2 aromatic rings. The smallest absolute Gasteiger partial charge is 0.142 e. The number of benzene rings is 2. The quantitative estimate of drug-likeness (QED) is 0.896.